The Morgan fingerprint density at radius 2 is 2.07 bits per heavy atom. The summed E-state index contributed by atoms with van der Waals surface area (Å²) in [6, 6.07) is 10.2. The quantitative estimate of drug-likeness (QED) is 0.575. The van der Waals surface area contributed by atoms with Gasteiger partial charge in [-0.25, -0.2) is 4.98 Å². The van der Waals surface area contributed by atoms with Gasteiger partial charge in [-0.1, -0.05) is 25.4 Å². The number of fused-ring (bicyclic) bond motifs is 1. The van der Waals surface area contributed by atoms with Gasteiger partial charge in [0.2, 0.25) is 0 Å². The minimum Gasteiger partial charge on any atom is -0.440 e. The van der Waals surface area contributed by atoms with Gasteiger partial charge < -0.3 is 9.73 Å². The topological polar surface area (TPSA) is 98.7 Å². The molecule has 9 heteroatoms. The molecular formula is C18H15ClN6O2. The Bertz CT molecular complexity index is 1120. The van der Waals surface area contributed by atoms with E-state index in [4.69, 9.17) is 16.0 Å². The lowest BCUT2D eigenvalue weighted by molar-refractivity contribution is 0.102. The Hall–Kier alpha value is -3.26. The van der Waals surface area contributed by atoms with Crippen molar-refractivity contribution in [3.8, 4) is 5.69 Å². The first-order valence-corrected chi connectivity index (χ1v) is 8.64. The molecular weight excluding hydrogens is 368 g/mol. The van der Waals surface area contributed by atoms with E-state index in [9.17, 15) is 4.79 Å². The van der Waals surface area contributed by atoms with Crippen LogP contribution in [0.25, 0.3) is 16.8 Å². The van der Waals surface area contributed by atoms with Crippen LogP contribution in [0.2, 0.25) is 5.02 Å². The van der Waals surface area contributed by atoms with Crippen molar-refractivity contribution < 1.29 is 9.21 Å². The number of hydrogen-bond acceptors (Lipinski definition) is 6. The first kappa shape index (κ1) is 17.2. The summed E-state index contributed by atoms with van der Waals surface area (Å²) in [4.78, 5) is 17.3. The molecule has 0 saturated heterocycles. The summed E-state index contributed by atoms with van der Waals surface area (Å²) < 4.78 is 7.09. The molecule has 0 aliphatic carbocycles. The van der Waals surface area contributed by atoms with E-state index in [1.165, 1.54) is 11.0 Å². The fourth-order valence-corrected chi connectivity index (χ4v) is 2.80. The van der Waals surface area contributed by atoms with Crippen molar-refractivity contribution in [2.24, 2.45) is 0 Å². The number of halogens is 1. The minimum absolute atomic E-state index is 0.181. The summed E-state index contributed by atoms with van der Waals surface area (Å²) >= 11 is 6.07. The van der Waals surface area contributed by atoms with Gasteiger partial charge in [-0.3, -0.25) is 4.79 Å². The lowest BCUT2D eigenvalue weighted by Gasteiger charge is -2.10. The van der Waals surface area contributed by atoms with Gasteiger partial charge in [0, 0.05) is 16.6 Å². The maximum Gasteiger partial charge on any atom is 0.257 e. The van der Waals surface area contributed by atoms with E-state index in [2.05, 4.69) is 25.8 Å². The molecule has 0 saturated carbocycles. The maximum atomic E-state index is 12.8. The molecule has 1 amide bonds. The summed E-state index contributed by atoms with van der Waals surface area (Å²) in [5, 5.41) is 14.3. The van der Waals surface area contributed by atoms with Crippen LogP contribution in [-0.4, -0.2) is 31.1 Å². The molecule has 0 atom stereocenters. The highest BCUT2D eigenvalue weighted by molar-refractivity contribution is 6.31. The molecule has 27 heavy (non-hydrogen) atoms. The van der Waals surface area contributed by atoms with Crippen LogP contribution in [-0.2, 0) is 0 Å². The molecule has 0 aliphatic rings. The van der Waals surface area contributed by atoms with Gasteiger partial charge in [-0.05, 0) is 46.8 Å². The van der Waals surface area contributed by atoms with Crippen molar-refractivity contribution >= 4 is 34.3 Å². The Balaban J connectivity index is 1.66. The first-order chi connectivity index (χ1) is 13.0. The highest BCUT2D eigenvalue weighted by Gasteiger charge is 2.16. The number of rotatable bonds is 4. The minimum atomic E-state index is -0.338. The Kier molecular flexibility index (Phi) is 4.33. The fraction of sp³-hybridized carbons (Fsp3) is 0.167. The lowest BCUT2D eigenvalue weighted by atomic mass is 10.1. The summed E-state index contributed by atoms with van der Waals surface area (Å²) in [5.74, 6) is 0.500. The number of carbonyl (C=O) groups is 1. The largest absolute Gasteiger partial charge is 0.440 e. The summed E-state index contributed by atoms with van der Waals surface area (Å²) in [5.41, 5.74) is 2.82. The number of amides is 1. The second-order valence-corrected chi connectivity index (χ2v) is 6.70. The van der Waals surface area contributed by atoms with Crippen molar-refractivity contribution in [2.75, 3.05) is 5.32 Å². The molecule has 0 fully saturated rings. The van der Waals surface area contributed by atoms with Gasteiger partial charge in [0.25, 0.3) is 5.91 Å². The summed E-state index contributed by atoms with van der Waals surface area (Å²) in [6.45, 7) is 4.01. The van der Waals surface area contributed by atoms with Crippen molar-refractivity contribution in [1.29, 1.82) is 0 Å². The average molecular weight is 383 g/mol. The summed E-state index contributed by atoms with van der Waals surface area (Å²) in [6.07, 6.45) is 1.41. The highest BCUT2D eigenvalue weighted by Crippen LogP contribution is 2.25. The lowest BCUT2D eigenvalue weighted by Crippen LogP contribution is -2.15. The van der Waals surface area contributed by atoms with Gasteiger partial charge in [-0.15, -0.1) is 5.10 Å². The molecule has 8 nitrogen and oxygen atoms in total. The van der Waals surface area contributed by atoms with Crippen LogP contribution in [0, 0.1) is 0 Å². The molecule has 4 aromatic rings. The normalized spacial score (nSPS) is 11.3. The number of oxazole rings is 1. The van der Waals surface area contributed by atoms with E-state index in [0.29, 0.717) is 39.0 Å². The molecule has 0 spiro atoms. The van der Waals surface area contributed by atoms with Crippen LogP contribution >= 0.6 is 11.6 Å². The van der Waals surface area contributed by atoms with Gasteiger partial charge >= 0.3 is 0 Å². The summed E-state index contributed by atoms with van der Waals surface area (Å²) in [7, 11) is 0. The molecule has 2 aromatic heterocycles. The number of hydrogen-bond donors (Lipinski definition) is 1. The van der Waals surface area contributed by atoms with Gasteiger partial charge in [-0.2, -0.15) is 4.68 Å². The molecule has 0 radical (unpaired) electrons. The third-order valence-electron chi connectivity index (χ3n) is 3.95. The Labute approximate surface area is 159 Å². The van der Waals surface area contributed by atoms with Crippen LogP contribution in [0.4, 0.5) is 5.69 Å². The zero-order valence-corrected chi connectivity index (χ0v) is 15.3. The van der Waals surface area contributed by atoms with E-state index in [0.717, 1.165) is 0 Å². The second kappa shape index (κ2) is 6.81. The number of carbonyl (C=O) groups excluding carboxylic acids is 1. The van der Waals surface area contributed by atoms with Gasteiger partial charge in [0.05, 0.1) is 11.3 Å². The molecule has 0 aliphatic heterocycles. The van der Waals surface area contributed by atoms with Crippen LogP contribution in [0.3, 0.4) is 0 Å². The molecule has 1 N–H and O–H groups in total. The van der Waals surface area contributed by atoms with Crippen molar-refractivity contribution in [3.05, 3.63) is 59.2 Å². The van der Waals surface area contributed by atoms with E-state index >= 15 is 0 Å². The van der Waals surface area contributed by atoms with Gasteiger partial charge in [0.1, 0.15) is 11.8 Å². The predicted octanol–water partition coefficient (Wildman–Crippen LogP) is 3.83. The third-order valence-corrected chi connectivity index (χ3v) is 4.19. The fourth-order valence-electron chi connectivity index (χ4n) is 2.63. The smallest absolute Gasteiger partial charge is 0.257 e. The number of nitrogens with one attached hydrogen (secondary N) is 1. The zero-order valence-electron chi connectivity index (χ0n) is 14.5. The van der Waals surface area contributed by atoms with E-state index in [-0.39, 0.29) is 11.8 Å². The van der Waals surface area contributed by atoms with Crippen LogP contribution in [0.5, 0.6) is 0 Å². The van der Waals surface area contributed by atoms with Crippen molar-refractivity contribution in [1.82, 2.24) is 25.2 Å². The Morgan fingerprint density at radius 3 is 2.81 bits per heavy atom. The predicted molar refractivity (Wildman–Crippen MR) is 100 cm³/mol. The zero-order chi connectivity index (χ0) is 19.0. The second-order valence-electron chi connectivity index (χ2n) is 6.26. The van der Waals surface area contributed by atoms with Crippen LogP contribution < -0.4 is 5.32 Å². The van der Waals surface area contributed by atoms with E-state index in [1.807, 2.05) is 13.8 Å². The molecule has 136 valence electrons. The molecule has 2 aromatic carbocycles. The molecule has 4 rings (SSSR count). The van der Waals surface area contributed by atoms with Crippen LogP contribution in [0.1, 0.15) is 36.0 Å². The Morgan fingerprint density at radius 1 is 1.22 bits per heavy atom. The molecule has 2 heterocycles. The van der Waals surface area contributed by atoms with Crippen molar-refractivity contribution in [2.45, 2.75) is 19.8 Å². The van der Waals surface area contributed by atoms with E-state index < -0.39 is 0 Å². The maximum absolute atomic E-state index is 12.8. The molecule has 0 bridgehead atoms. The molecule has 0 unspecified atom stereocenters. The number of benzene rings is 2. The number of aromatic nitrogens is 5. The van der Waals surface area contributed by atoms with Crippen LogP contribution in [0.15, 0.2) is 47.1 Å². The average Bonchev–Trinajstić information content (AvgIpc) is 3.31. The third kappa shape index (κ3) is 3.39. The van der Waals surface area contributed by atoms with Crippen molar-refractivity contribution in [3.63, 3.8) is 0 Å². The standard InChI is InChI=1S/C18H15ClN6O2/c1-10(2)18-22-14-8-12(4-6-16(14)27-18)21-17(26)13-7-11(19)3-5-15(13)25-9-20-23-24-25/h3-10H,1-2H3,(H,21,26). The monoisotopic (exact) mass is 382 g/mol. The number of nitrogens with zero attached hydrogens (tertiary/aromatic N) is 5. The van der Waals surface area contributed by atoms with Gasteiger partial charge in [0.15, 0.2) is 11.5 Å². The number of tetrazole rings is 1. The SMILES string of the molecule is CC(C)c1nc2cc(NC(=O)c3cc(Cl)ccc3-n3cnnn3)ccc2o1. The van der Waals surface area contributed by atoms with E-state index in [1.54, 1.807) is 36.4 Å². The first-order valence-electron chi connectivity index (χ1n) is 8.26. The number of anilines is 1. The highest BCUT2D eigenvalue weighted by atomic mass is 35.5.